The van der Waals surface area contributed by atoms with Crippen molar-refractivity contribution in [3.63, 3.8) is 0 Å². The molecule has 0 bridgehead atoms. The van der Waals surface area contributed by atoms with E-state index in [1.807, 2.05) is 0 Å². The monoisotopic (exact) mass is 302 g/mol. The number of ether oxygens (including phenoxy) is 1. The maximum atomic E-state index is 13.9. The zero-order valence-corrected chi connectivity index (χ0v) is 11.0. The Hall–Kier alpha value is -2.11. The van der Waals surface area contributed by atoms with Crippen molar-refractivity contribution in [1.82, 2.24) is 0 Å². The van der Waals surface area contributed by atoms with Gasteiger partial charge in [0.2, 0.25) is 0 Å². The molecule has 0 atom stereocenters. The summed E-state index contributed by atoms with van der Waals surface area (Å²) in [5, 5.41) is 0. The van der Waals surface area contributed by atoms with Gasteiger partial charge in [-0.15, -0.1) is 13.2 Å². The number of halogens is 5. The average Bonchev–Trinajstić information content (AvgIpc) is 2.41. The number of hydrogen-bond donors (Lipinski definition) is 0. The molecule has 0 unspecified atom stereocenters. The molecule has 0 aliphatic carbocycles. The highest BCUT2D eigenvalue weighted by atomic mass is 19.4. The highest BCUT2D eigenvalue weighted by Crippen LogP contribution is 2.29. The molecule has 0 amide bonds. The van der Waals surface area contributed by atoms with Crippen LogP contribution in [0.25, 0.3) is 11.1 Å². The van der Waals surface area contributed by atoms with Crippen LogP contribution in [-0.4, -0.2) is 6.36 Å². The number of hydrogen-bond acceptors (Lipinski definition) is 1. The average molecular weight is 302 g/mol. The van der Waals surface area contributed by atoms with Gasteiger partial charge in [0.15, 0.2) is 11.6 Å². The second-order valence-electron chi connectivity index (χ2n) is 4.33. The molecule has 0 saturated carbocycles. The molecular formula is C15H11F5O. The van der Waals surface area contributed by atoms with Gasteiger partial charge in [0.1, 0.15) is 5.75 Å². The third-order valence-corrected chi connectivity index (χ3v) is 2.94. The number of rotatable bonds is 3. The minimum atomic E-state index is -4.79. The van der Waals surface area contributed by atoms with Gasteiger partial charge in [-0.05, 0) is 29.7 Å². The zero-order chi connectivity index (χ0) is 15.6. The van der Waals surface area contributed by atoms with E-state index < -0.39 is 23.7 Å². The molecule has 2 aromatic rings. The summed E-state index contributed by atoms with van der Waals surface area (Å²) >= 11 is 0. The molecule has 0 radical (unpaired) electrons. The second kappa shape index (κ2) is 5.71. The minimum Gasteiger partial charge on any atom is -0.406 e. The molecule has 0 N–H and O–H groups in total. The number of benzene rings is 2. The van der Waals surface area contributed by atoms with Gasteiger partial charge in [0.25, 0.3) is 0 Å². The normalized spacial score (nSPS) is 11.5. The van der Waals surface area contributed by atoms with Crippen molar-refractivity contribution in [1.29, 1.82) is 0 Å². The van der Waals surface area contributed by atoms with Crippen molar-refractivity contribution >= 4 is 0 Å². The van der Waals surface area contributed by atoms with Crippen LogP contribution in [0.15, 0.2) is 36.4 Å². The van der Waals surface area contributed by atoms with E-state index in [0.717, 1.165) is 12.1 Å². The van der Waals surface area contributed by atoms with Gasteiger partial charge in [-0.1, -0.05) is 31.2 Å². The van der Waals surface area contributed by atoms with Crippen LogP contribution in [0, 0.1) is 11.6 Å². The lowest BCUT2D eigenvalue weighted by Gasteiger charge is -2.10. The molecule has 0 aliphatic heterocycles. The molecule has 2 aromatic carbocycles. The first-order valence-corrected chi connectivity index (χ1v) is 6.15. The molecule has 2 rings (SSSR count). The van der Waals surface area contributed by atoms with Crippen LogP contribution in [0.2, 0.25) is 0 Å². The van der Waals surface area contributed by atoms with Crippen LogP contribution >= 0.6 is 0 Å². The van der Waals surface area contributed by atoms with Crippen molar-refractivity contribution in [3.8, 4) is 16.9 Å². The molecule has 1 nitrogen and oxygen atoms in total. The van der Waals surface area contributed by atoms with E-state index in [0.29, 0.717) is 6.42 Å². The molecule has 0 spiro atoms. The standard InChI is InChI=1S/C15H11F5O/c1-2-9-5-8-12(14(17)13(9)16)10-3-6-11(7-4-10)21-15(18,19)20/h3-8H,2H2,1H3. The summed E-state index contributed by atoms with van der Waals surface area (Å²) in [6, 6.07) is 7.43. The van der Waals surface area contributed by atoms with Crippen LogP contribution in [0.5, 0.6) is 5.75 Å². The van der Waals surface area contributed by atoms with Gasteiger partial charge >= 0.3 is 6.36 Å². The summed E-state index contributed by atoms with van der Waals surface area (Å²) in [6.07, 6.45) is -4.44. The lowest BCUT2D eigenvalue weighted by Crippen LogP contribution is -2.16. The first kappa shape index (κ1) is 15.3. The van der Waals surface area contributed by atoms with E-state index >= 15 is 0 Å². The Morgan fingerprint density at radius 3 is 2.05 bits per heavy atom. The van der Waals surface area contributed by atoms with Gasteiger partial charge < -0.3 is 4.74 Å². The summed E-state index contributed by atoms with van der Waals surface area (Å²) < 4.78 is 67.4. The summed E-state index contributed by atoms with van der Waals surface area (Å²) in [4.78, 5) is 0. The maximum Gasteiger partial charge on any atom is 0.573 e. The Morgan fingerprint density at radius 2 is 1.52 bits per heavy atom. The molecular weight excluding hydrogens is 291 g/mol. The lowest BCUT2D eigenvalue weighted by atomic mass is 10.0. The van der Waals surface area contributed by atoms with Gasteiger partial charge in [-0.3, -0.25) is 0 Å². The fraction of sp³-hybridized carbons (Fsp3) is 0.200. The summed E-state index contributed by atoms with van der Waals surface area (Å²) in [5.41, 5.74) is 0.500. The van der Waals surface area contributed by atoms with E-state index in [9.17, 15) is 22.0 Å². The van der Waals surface area contributed by atoms with Crippen molar-refractivity contribution in [2.24, 2.45) is 0 Å². The van der Waals surface area contributed by atoms with E-state index in [1.54, 1.807) is 6.92 Å². The Labute approximate surface area is 118 Å². The first-order valence-electron chi connectivity index (χ1n) is 6.15. The fourth-order valence-corrected chi connectivity index (χ4v) is 1.92. The van der Waals surface area contributed by atoms with Crippen LogP contribution < -0.4 is 4.74 Å². The molecule has 112 valence electrons. The Bertz CT molecular complexity index is 632. The molecule has 0 fully saturated rings. The molecule has 21 heavy (non-hydrogen) atoms. The van der Waals surface area contributed by atoms with Gasteiger partial charge in [-0.2, -0.15) is 0 Å². The third-order valence-electron chi connectivity index (χ3n) is 2.94. The lowest BCUT2D eigenvalue weighted by molar-refractivity contribution is -0.274. The summed E-state index contributed by atoms with van der Waals surface area (Å²) in [5.74, 6) is -2.37. The quantitative estimate of drug-likeness (QED) is 0.717. The Kier molecular flexibility index (Phi) is 4.16. The highest BCUT2D eigenvalue weighted by molar-refractivity contribution is 5.65. The topological polar surface area (TPSA) is 9.23 Å². The van der Waals surface area contributed by atoms with Crippen molar-refractivity contribution < 1.29 is 26.7 Å². The fourth-order valence-electron chi connectivity index (χ4n) is 1.92. The molecule has 6 heteroatoms. The van der Waals surface area contributed by atoms with Gasteiger partial charge in [0.05, 0.1) is 0 Å². The van der Waals surface area contributed by atoms with Crippen LogP contribution in [-0.2, 0) is 6.42 Å². The maximum absolute atomic E-state index is 13.9. The van der Waals surface area contributed by atoms with Crippen molar-refractivity contribution in [3.05, 3.63) is 53.6 Å². The molecule has 0 saturated heterocycles. The molecule has 0 aliphatic rings. The SMILES string of the molecule is CCc1ccc(-c2ccc(OC(F)(F)F)cc2)c(F)c1F. The summed E-state index contributed by atoms with van der Waals surface area (Å²) in [7, 11) is 0. The second-order valence-corrected chi connectivity index (χ2v) is 4.33. The van der Waals surface area contributed by atoms with Gasteiger partial charge in [-0.25, -0.2) is 8.78 Å². The Balaban J connectivity index is 2.33. The summed E-state index contributed by atoms with van der Waals surface area (Å²) in [6.45, 7) is 1.70. The van der Waals surface area contributed by atoms with Crippen molar-refractivity contribution in [2.45, 2.75) is 19.7 Å². The van der Waals surface area contributed by atoms with Crippen LogP contribution in [0.4, 0.5) is 22.0 Å². The number of alkyl halides is 3. The number of aryl methyl sites for hydroxylation is 1. The van der Waals surface area contributed by atoms with Crippen molar-refractivity contribution in [2.75, 3.05) is 0 Å². The van der Waals surface area contributed by atoms with Crippen LogP contribution in [0.1, 0.15) is 12.5 Å². The van der Waals surface area contributed by atoms with Crippen LogP contribution in [0.3, 0.4) is 0 Å². The van der Waals surface area contributed by atoms with E-state index in [4.69, 9.17) is 0 Å². The van der Waals surface area contributed by atoms with E-state index in [1.165, 1.54) is 24.3 Å². The Morgan fingerprint density at radius 1 is 0.905 bits per heavy atom. The molecule has 0 heterocycles. The minimum absolute atomic E-state index is 0.0109. The predicted octanol–water partition coefficient (Wildman–Crippen LogP) is 5.09. The predicted molar refractivity (Wildman–Crippen MR) is 67.9 cm³/mol. The first-order chi connectivity index (χ1) is 9.81. The van der Waals surface area contributed by atoms with E-state index in [2.05, 4.69) is 4.74 Å². The smallest absolute Gasteiger partial charge is 0.406 e. The van der Waals surface area contributed by atoms with E-state index in [-0.39, 0.29) is 16.7 Å². The third kappa shape index (κ3) is 3.51. The molecule has 0 aromatic heterocycles. The zero-order valence-electron chi connectivity index (χ0n) is 11.0. The largest absolute Gasteiger partial charge is 0.573 e. The highest BCUT2D eigenvalue weighted by Gasteiger charge is 2.31. The van der Waals surface area contributed by atoms with Gasteiger partial charge in [0, 0.05) is 5.56 Å².